The molecule has 0 saturated heterocycles. The molecule has 2 nitrogen and oxygen atoms in total. The van der Waals surface area contributed by atoms with Gasteiger partial charge in [0.15, 0.2) is 0 Å². The van der Waals surface area contributed by atoms with E-state index in [0.717, 1.165) is 11.3 Å². The van der Waals surface area contributed by atoms with E-state index in [1.807, 2.05) is 24.3 Å². The topological polar surface area (TPSA) is 24.4 Å². The SMILES string of the molecule is c1ccc(C2=NNC(c3ccccc3)c3ccccc32)cc1. The molecule has 22 heavy (non-hydrogen) atoms. The largest absolute Gasteiger partial charge is 0.297 e. The third-order valence-corrected chi connectivity index (χ3v) is 4.01. The van der Waals surface area contributed by atoms with Crippen molar-refractivity contribution in [2.24, 2.45) is 5.10 Å². The van der Waals surface area contributed by atoms with Gasteiger partial charge in [0.1, 0.15) is 0 Å². The number of nitrogens with zero attached hydrogens (tertiary/aromatic N) is 1. The molecule has 1 aliphatic heterocycles. The summed E-state index contributed by atoms with van der Waals surface area (Å²) in [7, 11) is 0. The zero-order valence-electron chi connectivity index (χ0n) is 12.1. The van der Waals surface area contributed by atoms with Crippen molar-refractivity contribution >= 4 is 5.71 Å². The van der Waals surface area contributed by atoms with Crippen molar-refractivity contribution in [2.45, 2.75) is 6.04 Å². The average Bonchev–Trinajstić information content (AvgIpc) is 2.62. The summed E-state index contributed by atoms with van der Waals surface area (Å²) in [6.07, 6.45) is 0. The molecule has 106 valence electrons. The van der Waals surface area contributed by atoms with Crippen LogP contribution in [0.5, 0.6) is 0 Å². The van der Waals surface area contributed by atoms with Gasteiger partial charge in [-0.3, -0.25) is 5.43 Å². The van der Waals surface area contributed by atoms with E-state index in [4.69, 9.17) is 0 Å². The van der Waals surface area contributed by atoms with E-state index >= 15 is 0 Å². The van der Waals surface area contributed by atoms with Gasteiger partial charge < -0.3 is 0 Å². The van der Waals surface area contributed by atoms with Crippen LogP contribution in [0.1, 0.15) is 28.3 Å². The molecule has 1 unspecified atom stereocenters. The van der Waals surface area contributed by atoms with Crippen molar-refractivity contribution in [1.82, 2.24) is 5.43 Å². The summed E-state index contributed by atoms with van der Waals surface area (Å²) in [5.74, 6) is 0. The van der Waals surface area contributed by atoms with Gasteiger partial charge >= 0.3 is 0 Å². The van der Waals surface area contributed by atoms with E-state index in [1.165, 1.54) is 16.7 Å². The molecule has 0 spiro atoms. The molecule has 0 aromatic heterocycles. The van der Waals surface area contributed by atoms with E-state index < -0.39 is 0 Å². The van der Waals surface area contributed by atoms with E-state index in [2.05, 4.69) is 71.2 Å². The molecular formula is C20H16N2. The molecule has 0 bridgehead atoms. The minimum atomic E-state index is 0.102. The highest BCUT2D eigenvalue weighted by Crippen LogP contribution is 2.30. The Labute approximate surface area is 130 Å². The Kier molecular flexibility index (Phi) is 3.20. The van der Waals surface area contributed by atoms with Crippen molar-refractivity contribution < 1.29 is 0 Å². The third kappa shape index (κ3) is 2.19. The van der Waals surface area contributed by atoms with E-state index in [0.29, 0.717) is 0 Å². The second-order valence-corrected chi connectivity index (χ2v) is 5.39. The van der Waals surface area contributed by atoms with Crippen LogP contribution in [0, 0.1) is 0 Å². The molecule has 2 heteroatoms. The van der Waals surface area contributed by atoms with Crippen molar-refractivity contribution in [3.63, 3.8) is 0 Å². The number of hydrogen-bond donors (Lipinski definition) is 1. The molecule has 0 saturated carbocycles. The van der Waals surface area contributed by atoms with Gasteiger partial charge in [-0.15, -0.1) is 0 Å². The first-order valence-corrected chi connectivity index (χ1v) is 7.46. The van der Waals surface area contributed by atoms with Crippen LogP contribution in [0.15, 0.2) is 90.0 Å². The Morgan fingerprint density at radius 3 is 2.09 bits per heavy atom. The summed E-state index contributed by atoms with van der Waals surface area (Å²) in [4.78, 5) is 0. The molecule has 3 aromatic rings. The summed E-state index contributed by atoms with van der Waals surface area (Å²) in [5.41, 5.74) is 9.15. The molecule has 1 atom stereocenters. The molecule has 1 heterocycles. The lowest BCUT2D eigenvalue weighted by Crippen LogP contribution is -2.27. The Balaban J connectivity index is 1.83. The number of fused-ring (bicyclic) bond motifs is 1. The van der Waals surface area contributed by atoms with Crippen LogP contribution in [-0.2, 0) is 0 Å². The van der Waals surface area contributed by atoms with Crippen LogP contribution < -0.4 is 5.43 Å². The fraction of sp³-hybridized carbons (Fsp3) is 0.0500. The standard InChI is InChI=1S/C20H16N2/c1-3-9-15(10-4-1)19-17-13-7-8-14-18(17)20(22-21-19)16-11-5-2-6-12-16/h1-14,19,21H. The number of benzene rings is 3. The average molecular weight is 284 g/mol. The van der Waals surface area contributed by atoms with Crippen LogP contribution in [0.25, 0.3) is 0 Å². The second kappa shape index (κ2) is 5.49. The van der Waals surface area contributed by atoms with Crippen LogP contribution in [0.2, 0.25) is 0 Å². The summed E-state index contributed by atoms with van der Waals surface area (Å²) >= 11 is 0. The lowest BCUT2D eigenvalue weighted by atomic mass is 9.89. The summed E-state index contributed by atoms with van der Waals surface area (Å²) in [5, 5.41) is 4.67. The Bertz CT molecular complexity index is 807. The van der Waals surface area contributed by atoms with Crippen molar-refractivity contribution in [3.05, 3.63) is 107 Å². The van der Waals surface area contributed by atoms with Gasteiger partial charge in [-0.1, -0.05) is 84.9 Å². The van der Waals surface area contributed by atoms with Crippen molar-refractivity contribution in [1.29, 1.82) is 0 Å². The van der Waals surface area contributed by atoms with Crippen LogP contribution in [0.4, 0.5) is 0 Å². The molecule has 1 aliphatic rings. The fourth-order valence-electron chi connectivity index (χ4n) is 2.94. The minimum Gasteiger partial charge on any atom is -0.297 e. The number of rotatable bonds is 2. The highest BCUT2D eigenvalue weighted by molar-refractivity contribution is 6.14. The molecular weight excluding hydrogens is 268 g/mol. The van der Waals surface area contributed by atoms with E-state index in [-0.39, 0.29) is 6.04 Å². The fourth-order valence-corrected chi connectivity index (χ4v) is 2.94. The van der Waals surface area contributed by atoms with Gasteiger partial charge in [0, 0.05) is 11.1 Å². The molecule has 0 fully saturated rings. The van der Waals surface area contributed by atoms with E-state index in [9.17, 15) is 0 Å². The highest BCUT2D eigenvalue weighted by Gasteiger charge is 2.24. The van der Waals surface area contributed by atoms with Crippen molar-refractivity contribution in [3.8, 4) is 0 Å². The van der Waals surface area contributed by atoms with Crippen molar-refractivity contribution in [2.75, 3.05) is 0 Å². The first kappa shape index (κ1) is 12.8. The number of nitrogens with one attached hydrogen (secondary N) is 1. The number of hydrazone groups is 1. The smallest absolute Gasteiger partial charge is 0.0977 e. The Hall–Kier alpha value is -2.87. The summed E-state index contributed by atoms with van der Waals surface area (Å²) in [6, 6.07) is 29.3. The second-order valence-electron chi connectivity index (χ2n) is 5.39. The third-order valence-electron chi connectivity index (χ3n) is 4.01. The zero-order valence-corrected chi connectivity index (χ0v) is 12.1. The summed E-state index contributed by atoms with van der Waals surface area (Å²) < 4.78 is 0. The van der Waals surface area contributed by atoms with Crippen LogP contribution in [0.3, 0.4) is 0 Å². The maximum Gasteiger partial charge on any atom is 0.0977 e. The lowest BCUT2D eigenvalue weighted by molar-refractivity contribution is 0.628. The van der Waals surface area contributed by atoms with Gasteiger partial charge in [-0.2, -0.15) is 5.10 Å². The molecule has 0 aliphatic carbocycles. The number of hydrogen-bond acceptors (Lipinski definition) is 2. The quantitative estimate of drug-likeness (QED) is 0.751. The van der Waals surface area contributed by atoms with Crippen LogP contribution >= 0.6 is 0 Å². The van der Waals surface area contributed by atoms with Gasteiger partial charge in [0.2, 0.25) is 0 Å². The lowest BCUT2D eigenvalue weighted by Gasteiger charge is -2.26. The predicted molar refractivity (Wildman–Crippen MR) is 89.9 cm³/mol. The Morgan fingerprint density at radius 1 is 0.682 bits per heavy atom. The molecule has 0 amide bonds. The minimum absolute atomic E-state index is 0.102. The molecule has 3 aromatic carbocycles. The molecule has 4 rings (SSSR count). The normalized spacial score (nSPS) is 16.4. The Morgan fingerprint density at radius 2 is 1.32 bits per heavy atom. The first-order chi connectivity index (χ1) is 10.9. The predicted octanol–water partition coefficient (Wildman–Crippen LogP) is 4.13. The van der Waals surface area contributed by atoms with Gasteiger partial charge in [0.05, 0.1) is 11.8 Å². The maximum atomic E-state index is 4.67. The van der Waals surface area contributed by atoms with Gasteiger partial charge in [-0.25, -0.2) is 0 Å². The van der Waals surface area contributed by atoms with Gasteiger partial charge in [-0.05, 0) is 11.1 Å². The zero-order chi connectivity index (χ0) is 14.8. The molecule has 1 N–H and O–H groups in total. The monoisotopic (exact) mass is 284 g/mol. The molecule has 0 radical (unpaired) electrons. The highest BCUT2D eigenvalue weighted by atomic mass is 15.3. The van der Waals surface area contributed by atoms with Crippen LogP contribution in [-0.4, -0.2) is 5.71 Å². The maximum absolute atomic E-state index is 4.67. The summed E-state index contributed by atoms with van der Waals surface area (Å²) in [6.45, 7) is 0. The van der Waals surface area contributed by atoms with Gasteiger partial charge in [0.25, 0.3) is 0 Å². The van der Waals surface area contributed by atoms with E-state index in [1.54, 1.807) is 0 Å². The first-order valence-electron chi connectivity index (χ1n) is 7.46.